The number of aromatic nitrogens is 2. The van der Waals surface area contributed by atoms with Crippen LogP contribution in [-0.4, -0.2) is 52.4 Å². The minimum Gasteiger partial charge on any atom is -0.389 e. The van der Waals surface area contributed by atoms with E-state index in [2.05, 4.69) is 37.6 Å². The van der Waals surface area contributed by atoms with Gasteiger partial charge in [0.2, 0.25) is 0 Å². The maximum atomic E-state index is 13.0. The van der Waals surface area contributed by atoms with E-state index >= 15 is 0 Å². The van der Waals surface area contributed by atoms with E-state index in [-0.39, 0.29) is 5.56 Å². The molecule has 0 spiro atoms. The molecule has 0 unspecified atom stereocenters. The summed E-state index contributed by atoms with van der Waals surface area (Å²) in [5.74, 6) is 1.43. The van der Waals surface area contributed by atoms with E-state index in [4.69, 9.17) is 21.3 Å². The molecule has 0 amide bonds. The Bertz CT molecular complexity index is 1080. The van der Waals surface area contributed by atoms with Crippen LogP contribution < -0.4 is 5.56 Å². The summed E-state index contributed by atoms with van der Waals surface area (Å²) in [6, 6.07) is 7.47. The smallest absolute Gasteiger partial charge is 0.260 e. The van der Waals surface area contributed by atoms with Gasteiger partial charge in [-0.25, -0.2) is 4.98 Å². The first kappa shape index (κ1) is 24.9. The van der Waals surface area contributed by atoms with Crippen molar-refractivity contribution in [2.24, 2.45) is 11.8 Å². The number of nitrogens with zero attached hydrogens (tertiary/aromatic N) is 2. The number of thiophene rings is 1. The molecule has 0 radical (unpaired) electrons. The first-order chi connectivity index (χ1) is 15.2. The topological polar surface area (TPSA) is 78.5 Å². The van der Waals surface area contributed by atoms with Crippen LogP contribution in [0.25, 0.3) is 21.3 Å². The van der Waals surface area contributed by atoms with Crippen molar-refractivity contribution in [2.45, 2.75) is 40.3 Å². The molecule has 174 valence electrons. The summed E-state index contributed by atoms with van der Waals surface area (Å²) >= 11 is 7.58. The van der Waals surface area contributed by atoms with Crippen molar-refractivity contribution >= 4 is 33.2 Å². The van der Waals surface area contributed by atoms with E-state index in [9.17, 15) is 9.90 Å². The zero-order valence-electron chi connectivity index (χ0n) is 19.1. The molecule has 6 nitrogen and oxygen atoms in total. The molecule has 2 heterocycles. The predicted octanol–water partition coefficient (Wildman–Crippen LogP) is 4.80. The van der Waals surface area contributed by atoms with Crippen LogP contribution in [0.3, 0.4) is 0 Å². The summed E-state index contributed by atoms with van der Waals surface area (Å²) in [6.45, 7) is 11.0. The average Bonchev–Trinajstić information content (AvgIpc) is 3.11. The number of halogens is 1. The van der Waals surface area contributed by atoms with E-state index < -0.39 is 6.10 Å². The highest BCUT2D eigenvalue weighted by Gasteiger charge is 2.18. The van der Waals surface area contributed by atoms with Gasteiger partial charge in [-0.1, -0.05) is 51.4 Å². The van der Waals surface area contributed by atoms with Gasteiger partial charge in [0.15, 0.2) is 0 Å². The first-order valence-electron chi connectivity index (χ1n) is 11.0. The Morgan fingerprint density at radius 2 is 1.97 bits per heavy atom. The molecule has 0 bridgehead atoms. The average molecular weight is 478 g/mol. The van der Waals surface area contributed by atoms with Crippen LogP contribution in [0, 0.1) is 11.8 Å². The highest BCUT2D eigenvalue weighted by molar-refractivity contribution is 7.17. The number of benzene rings is 1. The lowest BCUT2D eigenvalue weighted by Gasteiger charge is -2.26. The summed E-state index contributed by atoms with van der Waals surface area (Å²) in [7, 11) is 0. The standard InChI is InChI=1S/C24H32ClN3O3S/c1-15(2)9-28(10-19(29)13-31-12-16(3)4)11-21-26-23(30)22-20(14-32-24(22)27-21)17-6-5-7-18(25)8-17/h5-8,14-16,19,29H,9-13H2,1-4H3,(H,26,27,30)/t19-/m1/s1. The van der Waals surface area contributed by atoms with Gasteiger partial charge in [0.1, 0.15) is 10.7 Å². The Kier molecular flexibility index (Phi) is 8.85. The van der Waals surface area contributed by atoms with Gasteiger partial charge in [0.25, 0.3) is 5.56 Å². The maximum absolute atomic E-state index is 13.0. The molecule has 2 aromatic heterocycles. The zero-order chi connectivity index (χ0) is 23.3. The van der Waals surface area contributed by atoms with Crippen molar-refractivity contribution in [3.63, 3.8) is 0 Å². The van der Waals surface area contributed by atoms with Gasteiger partial charge in [-0.3, -0.25) is 9.69 Å². The van der Waals surface area contributed by atoms with Crippen molar-refractivity contribution in [3.05, 3.63) is 50.8 Å². The first-order valence-corrected chi connectivity index (χ1v) is 12.2. The Morgan fingerprint density at radius 3 is 2.66 bits per heavy atom. The van der Waals surface area contributed by atoms with Gasteiger partial charge in [-0.05, 0) is 29.5 Å². The molecule has 32 heavy (non-hydrogen) atoms. The Morgan fingerprint density at radius 1 is 1.19 bits per heavy atom. The molecular formula is C24H32ClN3O3S. The monoisotopic (exact) mass is 477 g/mol. The van der Waals surface area contributed by atoms with Gasteiger partial charge < -0.3 is 14.8 Å². The molecule has 0 aliphatic heterocycles. The molecule has 2 N–H and O–H groups in total. The number of aliphatic hydroxyl groups is 1. The molecule has 8 heteroatoms. The van der Waals surface area contributed by atoms with E-state index in [0.717, 1.165) is 17.7 Å². The summed E-state index contributed by atoms with van der Waals surface area (Å²) in [4.78, 5) is 23.4. The normalized spacial score (nSPS) is 13.0. The molecule has 0 saturated heterocycles. The lowest BCUT2D eigenvalue weighted by molar-refractivity contribution is 0.00485. The largest absolute Gasteiger partial charge is 0.389 e. The third kappa shape index (κ3) is 6.86. The van der Waals surface area contributed by atoms with Gasteiger partial charge in [0, 0.05) is 35.7 Å². The van der Waals surface area contributed by atoms with E-state index in [1.165, 1.54) is 11.3 Å². The molecule has 0 saturated carbocycles. The highest BCUT2D eigenvalue weighted by atomic mass is 35.5. The molecule has 3 rings (SSSR count). The fourth-order valence-corrected chi connectivity index (χ4v) is 4.82. The molecular weight excluding hydrogens is 446 g/mol. The highest BCUT2D eigenvalue weighted by Crippen LogP contribution is 2.32. The quantitative estimate of drug-likeness (QED) is 0.415. The third-order valence-electron chi connectivity index (χ3n) is 4.86. The van der Waals surface area contributed by atoms with E-state index in [1.54, 1.807) is 0 Å². The van der Waals surface area contributed by atoms with Crippen molar-refractivity contribution < 1.29 is 9.84 Å². The lowest BCUT2D eigenvalue weighted by Crippen LogP contribution is -2.37. The van der Waals surface area contributed by atoms with Crippen molar-refractivity contribution in [3.8, 4) is 11.1 Å². The predicted molar refractivity (Wildman–Crippen MR) is 132 cm³/mol. The number of aromatic amines is 1. The van der Waals surface area contributed by atoms with Gasteiger partial charge in [-0.15, -0.1) is 11.3 Å². The third-order valence-corrected chi connectivity index (χ3v) is 5.96. The maximum Gasteiger partial charge on any atom is 0.260 e. The number of H-pyrrole nitrogens is 1. The molecule has 0 aliphatic carbocycles. The zero-order valence-corrected chi connectivity index (χ0v) is 20.7. The number of hydrogen-bond donors (Lipinski definition) is 2. The second-order valence-electron chi connectivity index (χ2n) is 9.03. The number of fused-ring (bicyclic) bond motifs is 1. The molecule has 1 atom stereocenters. The number of aliphatic hydroxyl groups excluding tert-OH is 1. The van der Waals surface area contributed by atoms with Crippen LogP contribution in [0.1, 0.15) is 33.5 Å². The summed E-state index contributed by atoms with van der Waals surface area (Å²) in [5, 5.41) is 13.6. The summed E-state index contributed by atoms with van der Waals surface area (Å²) in [5.41, 5.74) is 1.57. The molecule has 1 aromatic carbocycles. The fraction of sp³-hybridized carbons (Fsp3) is 0.500. The Hall–Kier alpha value is -1.77. The second-order valence-corrected chi connectivity index (χ2v) is 10.3. The van der Waals surface area contributed by atoms with Crippen LogP contribution in [-0.2, 0) is 11.3 Å². The number of nitrogens with one attached hydrogen (secondary N) is 1. The van der Waals surface area contributed by atoms with Crippen molar-refractivity contribution in [2.75, 3.05) is 26.3 Å². The second kappa shape index (κ2) is 11.4. The fourth-order valence-electron chi connectivity index (χ4n) is 3.66. The minimum atomic E-state index is -0.598. The molecule has 0 aliphatic rings. The SMILES string of the molecule is CC(C)COC[C@H](O)CN(Cc1nc2scc(-c3cccc(Cl)c3)c2c(=O)[nH]1)CC(C)C. The van der Waals surface area contributed by atoms with E-state index in [0.29, 0.717) is 59.2 Å². The van der Waals surface area contributed by atoms with Crippen molar-refractivity contribution in [1.82, 2.24) is 14.9 Å². The number of ether oxygens (including phenoxy) is 1. The summed E-state index contributed by atoms with van der Waals surface area (Å²) in [6.07, 6.45) is -0.598. The van der Waals surface area contributed by atoms with Crippen LogP contribution >= 0.6 is 22.9 Å². The van der Waals surface area contributed by atoms with Gasteiger partial charge in [0.05, 0.1) is 24.6 Å². The van der Waals surface area contributed by atoms with Crippen LogP contribution in [0.15, 0.2) is 34.4 Å². The van der Waals surface area contributed by atoms with Crippen LogP contribution in [0.4, 0.5) is 0 Å². The Balaban J connectivity index is 1.78. The lowest BCUT2D eigenvalue weighted by atomic mass is 10.1. The van der Waals surface area contributed by atoms with Gasteiger partial charge in [-0.2, -0.15) is 0 Å². The summed E-state index contributed by atoms with van der Waals surface area (Å²) < 4.78 is 5.59. The van der Waals surface area contributed by atoms with Crippen molar-refractivity contribution in [1.29, 1.82) is 0 Å². The molecule has 3 aromatic rings. The van der Waals surface area contributed by atoms with Crippen LogP contribution in [0.5, 0.6) is 0 Å². The number of rotatable bonds is 11. The molecule has 0 fully saturated rings. The van der Waals surface area contributed by atoms with E-state index in [1.807, 2.05) is 29.6 Å². The van der Waals surface area contributed by atoms with Gasteiger partial charge >= 0.3 is 0 Å². The van der Waals surface area contributed by atoms with Crippen LogP contribution in [0.2, 0.25) is 5.02 Å². The Labute approximate surface area is 198 Å². The minimum absolute atomic E-state index is 0.161. The number of hydrogen-bond acceptors (Lipinski definition) is 6.